The lowest BCUT2D eigenvalue weighted by atomic mass is 10.2. The molecule has 0 unspecified atom stereocenters. The van der Waals surface area contributed by atoms with Gasteiger partial charge in [0, 0.05) is 53.8 Å². The van der Waals surface area contributed by atoms with E-state index in [-0.39, 0.29) is 9.92 Å². The molecule has 35 heavy (non-hydrogen) atoms. The molecule has 0 bridgehead atoms. The molecule has 0 radical (unpaired) electrons. The molecule has 4 rings (SSSR count). The van der Waals surface area contributed by atoms with Crippen LogP contribution in [0, 0.1) is 0 Å². The second-order valence-corrected chi connectivity index (χ2v) is 11.7. The van der Waals surface area contributed by atoms with Crippen LogP contribution in [-0.4, -0.2) is 70.9 Å². The maximum Gasteiger partial charge on any atom is 0.414 e. The number of aliphatic carboxylic acids is 2. The van der Waals surface area contributed by atoms with Crippen molar-refractivity contribution in [2.75, 3.05) is 26.2 Å². The highest BCUT2D eigenvalue weighted by molar-refractivity contribution is 9.10. The van der Waals surface area contributed by atoms with Crippen molar-refractivity contribution in [2.45, 2.75) is 11.4 Å². The van der Waals surface area contributed by atoms with Crippen molar-refractivity contribution in [3.8, 4) is 10.6 Å². The van der Waals surface area contributed by atoms with Gasteiger partial charge in [-0.1, -0.05) is 57.9 Å². The quantitative estimate of drug-likeness (QED) is 0.421. The second-order valence-electron chi connectivity index (χ2n) is 7.36. The zero-order valence-electron chi connectivity index (χ0n) is 18.2. The predicted octanol–water partition coefficient (Wildman–Crippen LogP) is 3.89. The predicted molar refractivity (Wildman–Crippen MR) is 136 cm³/mol. The van der Waals surface area contributed by atoms with Crippen LogP contribution in [0.4, 0.5) is 0 Å². The lowest BCUT2D eigenvalue weighted by Crippen LogP contribution is -2.48. The van der Waals surface area contributed by atoms with Crippen molar-refractivity contribution in [1.82, 2.24) is 14.2 Å². The largest absolute Gasteiger partial charge is 0.473 e. The summed E-state index contributed by atoms with van der Waals surface area (Å²) in [5.74, 6) is -3.65. The lowest BCUT2D eigenvalue weighted by molar-refractivity contribution is -0.159. The molecule has 2 heterocycles. The molecule has 1 fully saturated rings. The SMILES string of the molecule is O=C(O)C(=O)O.O=S(=O)(c1ccc(Br)cc1Cl)N1CCN(Cc2cnc(-c3ccccc3)s2)CC1. The third kappa shape index (κ3) is 7.32. The third-order valence-corrected chi connectivity index (χ3v) is 8.89. The highest BCUT2D eigenvalue weighted by Gasteiger charge is 2.30. The van der Waals surface area contributed by atoms with Gasteiger partial charge < -0.3 is 10.2 Å². The number of sulfonamides is 1. The molecule has 1 aliphatic rings. The lowest BCUT2D eigenvalue weighted by Gasteiger charge is -2.33. The highest BCUT2D eigenvalue weighted by Crippen LogP contribution is 2.29. The number of nitrogens with zero attached hydrogens (tertiary/aromatic N) is 3. The molecule has 3 aromatic rings. The molecule has 1 saturated heterocycles. The number of piperazine rings is 1. The van der Waals surface area contributed by atoms with E-state index >= 15 is 0 Å². The van der Waals surface area contributed by atoms with Crippen molar-refractivity contribution in [3.05, 3.63) is 69.1 Å². The van der Waals surface area contributed by atoms with Gasteiger partial charge in [-0.05, 0) is 18.2 Å². The molecule has 9 nitrogen and oxygen atoms in total. The van der Waals surface area contributed by atoms with Gasteiger partial charge in [0.1, 0.15) is 9.90 Å². The fraction of sp³-hybridized carbons (Fsp3) is 0.227. The first-order chi connectivity index (χ1) is 16.6. The Hall–Kier alpha value is -2.35. The summed E-state index contributed by atoms with van der Waals surface area (Å²) in [5, 5.41) is 16.0. The van der Waals surface area contributed by atoms with E-state index in [9.17, 15) is 8.42 Å². The van der Waals surface area contributed by atoms with Crippen LogP contribution in [0.5, 0.6) is 0 Å². The number of thiazole rings is 1. The van der Waals surface area contributed by atoms with E-state index in [0.29, 0.717) is 26.2 Å². The molecular formula is C22H21BrClN3O6S2. The maximum absolute atomic E-state index is 12.9. The summed E-state index contributed by atoms with van der Waals surface area (Å²) in [6, 6.07) is 15.0. The van der Waals surface area contributed by atoms with Crippen LogP contribution in [0.3, 0.4) is 0 Å². The summed E-state index contributed by atoms with van der Waals surface area (Å²) in [5.41, 5.74) is 1.12. The summed E-state index contributed by atoms with van der Waals surface area (Å²) in [6.45, 7) is 3.01. The monoisotopic (exact) mass is 601 g/mol. The standard InChI is InChI=1S/C20H19BrClN3O2S2.C2H2O4/c21-16-6-7-19(18(22)12-16)29(26,27)25-10-8-24(9-11-25)14-17-13-23-20(28-17)15-4-2-1-3-5-15;3-1(4)2(5)6/h1-7,12-13H,8-11,14H2;(H,3,4)(H,5,6). The zero-order valence-corrected chi connectivity index (χ0v) is 22.1. The number of carboxylic acid groups (broad SMARTS) is 2. The molecule has 0 aliphatic carbocycles. The number of carboxylic acids is 2. The third-order valence-electron chi connectivity index (χ3n) is 4.98. The molecule has 0 spiro atoms. The number of rotatable bonds is 5. The summed E-state index contributed by atoms with van der Waals surface area (Å²) in [7, 11) is -3.59. The summed E-state index contributed by atoms with van der Waals surface area (Å²) in [4.78, 5) is 26.3. The molecule has 0 atom stereocenters. The summed E-state index contributed by atoms with van der Waals surface area (Å²) >= 11 is 11.2. The van der Waals surface area contributed by atoms with Gasteiger partial charge in [0.2, 0.25) is 10.0 Å². The van der Waals surface area contributed by atoms with Crippen LogP contribution in [-0.2, 0) is 26.2 Å². The average molecular weight is 603 g/mol. The Labute approximate surface area is 219 Å². The number of hydrogen-bond donors (Lipinski definition) is 2. The Morgan fingerprint density at radius 2 is 1.66 bits per heavy atom. The Morgan fingerprint density at radius 3 is 2.23 bits per heavy atom. The van der Waals surface area contributed by atoms with Crippen molar-refractivity contribution >= 4 is 60.8 Å². The van der Waals surface area contributed by atoms with Crippen molar-refractivity contribution in [2.24, 2.45) is 0 Å². The molecule has 0 saturated carbocycles. The minimum absolute atomic E-state index is 0.158. The molecule has 186 valence electrons. The summed E-state index contributed by atoms with van der Waals surface area (Å²) < 4.78 is 28.2. The van der Waals surface area contributed by atoms with Gasteiger partial charge in [0.25, 0.3) is 0 Å². The summed E-state index contributed by atoms with van der Waals surface area (Å²) in [6.07, 6.45) is 1.91. The molecule has 1 aromatic heterocycles. The molecule has 13 heteroatoms. The van der Waals surface area contributed by atoms with Gasteiger partial charge in [0.15, 0.2) is 0 Å². The van der Waals surface area contributed by atoms with Crippen LogP contribution in [0.25, 0.3) is 10.6 Å². The number of halogens is 2. The Balaban J connectivity index is 0.000000509. The van der Waals surface area contributed by atoms with Gasteiger partial charge in [0.05, 0.1) is 5.02 Å². The van der Waals surface area contributed by atoms with E-state index in [1.807, 2.05) is 24.4 Å². The normalized spacial score (nSPS) is 14.7. The van der Waals surface area contributed by atoms with Crippen molar-refractivity contribution < 1.29 is 28.2 Å². The number of carbonyl (C=O) groups is 2. The smallest absolute Gasteiger partial charge is 0.414 e. The zero-order chi connectivity index (χ0) is 25.6. The minimum atomic E-state index is -3.59. The maximum atomic E-state index is 12.9. The number of benzene rings is 2. The van der Waals surface area contributed by atoms with Crippen molar-refractivity contribution in [1.29, 1.82) is 0 Å². The van der Waals surface area contributed by atoms with E-state index in [0.717, 1.165) is 21.6 Å². The molecular weight excluding hydrogens is 582 g/mol. The second kappa shape index (κ2) is 12.1. The van der Waals surface area contributed by atoms with E-state index in [2.05, 4.69) is 37.9 Å². The van der Waals surface area contributed by atoms with Crippen molar-refractivity contribution in [3.63, 3.8) is 0 Å². The Bertz CT molecular complexity index is 1280. The molecule has 2 aromatic carbocycles. The number of aromatic nitrogens is 1. The minimum Gasteiger partial charge on any atom is -0.473 e. The van der Waals surface area contributed by atoms with E-state index in [1.165, 1.54) is 9.18 Å². The van der Waals surface area contributed by atoms with Crippen LogP contribution in [0.2, 0.25) is 5.02 Å². The van der Waals surface area contributed by atoms with Crippen LogP contribution in [0.1, 0.15) is 4.88 Å². The highest BCUT2D eigenvalue weighted by atomic mass is 79.9. The molecule has 2 N–H and O–H groups in total. The molecule has 1 aliphatic heterocycles. The van der Waals surface area contributed by atoms with Crippen LogP contribution < -0.4 is 0 Å². The van der Waals surface area contributed by atoms with E-state index < -0.39 is 22.0 Å². The topological polar surface area (TPSA) is 128 Å². The first-order valence-electron chi connectivity index (χ1n) is 10.2. The average Bonchev–Trinajstić information content (AvgIpc) is 3.28. The van der Waals surface area contributed by atoms with Gasteiger partial charge in [-0.15, -0.1) is 11.3 Å². The fourth-order valence-corrected chi connectivity index (χ4v) is 6.66. The van der Waals surface area contributed by atoms with Crippen LogP contribution >= 0.6 is 38.9 Å². The Morgan fingerprint density at radius 1 is 1.03 bits per heavy atom. The first-order valence-corrected chi connectivity index (χ1v) is 13.6. The van der Waals surface area contributed by atoms with Gasteiger partial charge in [-0.25, -0.2) is 23.0 Å². The van der Waals surface area contributed by atoms with Gasteiger partial charge >= 0.3 is 11.9 Å². The fourth-order valence-electron chi connectivity index (χ4n) is 3.27. The molecule has 0 amide bonds. The van der Waals surface area contributed by atoms with E-state index in [1.54, 1.807) is 29.5 Å². The van der Waals surface area contributed by atoms with Gasteiger partial charge in [-0.3, -0.25) is 4.90 Å². The number of hydrogen-bond acceptors (Lipinski definition) is 7. The van der Waals surface area contributed by atoms with Crippen LogP contribution in [0.15, 0.2) is 64.1 Å². The van der Waals surface area contributed by atoms with E-state index in [4.69, 9.17) is 31.4 Å². The Kier molecular flexibility index (Phi) is 9.39. The first kappa shape index (κ1) is 27.2. The van der Waals surface area contributed by atoms with Gasteiger partial charge in [-0.2, -0.15) is 4.31 Å².